The molecule has 2 aromatic carbocycles. The molecular weight excluding hydrogens is 420 g/mol. The fourth-order valence-electron chi connectivity index (χ4n) is 4.45. The minimum absolute atomic E-state index is 0.247. The molecule has 0 unspecified atom stereocenters. The fourth-order valence-corrected chi connectivity index (χ4v) is 5.73. The van der Waals surface area contributed by atoms with Crippen LogP contribution in [0.5, 0.6) is 0 Å². The van der Waals surface area contributed by atoms with Gasteiger partial charge < -0.3 is 10.1 Å². The van der Waals surface area contributed by atoms with E-state index in [1.807, 2.05) is 61.5 Å². The first-order chi connectivity index (χ1) is 15.6. The van der Waals surface area contributed by atoms with E-state index in [9.17, 15) is 9.59 Å². The van der Waals surface area contributed by atoms with Crippen molar-refractivity contribution in [2.24, 2.45) is 0 Å². The molecule has 0 spiro atoms. The minimum Gasteiger partial charge on any atom is -0.465 e. The normalized spacial score (nSPS) is 12.6. The van der Waals surface area contributed by atoms with Gasteiger partial charge in [-0.15, -0.1) is 11.3 Å². The summed E-state index contributed by atoms with van der Waals surface area (Å²) >= 11 is 1.48. The molecule has 2 heterocycles. The molecule has 0 radical (unpaired) electrons. The number of hydrogen-bond acceptors (Lipinski definition) is 5. The summed E-state index contributed by atoms with van der Waals surface area (Å²) in [7, 11) is 1.37. The number of fused-ring (bicyclic) bond motifs is 2. The number of carbonyl (C=O) groups is 2. The third-order valence-electron chi connectivity index (χ3n) is 5.95. The molecule has 0 saturated heterocycles. The standard InChI is InChI=1S/C26H22N2O3S/c1-15-21(17-11-6-7-13-19(17)27-23(15)16-9-4-3-5-10-16)24(29)28-25-22(26(30)31-2)18-12-8-14-20(18)32-25/h3-7,9-11,13H,8,12,14H2,1-2H3,(H,28,29). The molecule has 0 bridgehead atoms. The number of rotatable bonds is 4. The van der Waals surface area contributed by atoms with E-state index in [1.165, 1.54) is 18.4 Å². The fraction of sp³-hybridized carbons (Fsp3) is 0.192. The summed E-state index contributed by atoms with van der Waals surface area (Å²) in [6.07, 6.45) is 2.78. The van der Waals surface area contributed by atoms with Crippen molar-refractivity contribution in [3.05, 3.63) is 81.7 Å². The number of nitrogens with one attached hydrogen (secondary N) is 1. The Morgan fingerprint density at radius 2 is 1.75 bits per heavy atom. The lowest BCUT2D eigenvalue weighted by Gasteiger charge is -2.15. The Labute approximate surface area is 190 Å². The van der Waals surface area contributed by atoms with Gasteiger partial charge in [-0.3, -0.25) is 4.79 Å². The molecule has 0 atom stereocenters. The van der Waals surface area contributed by atoms with Crippen molar-refractivity contribution in [3.63, 3.8) is 0 Å². The number of aryl methyl sites for hydroxylation is 1. The van der Waals surface area contributed by atoms with Gasteiger partial charge in [0.2, 0.25) is 0 Å². The van der Waals surface area contributed by atoms with Gasteiger partial charge in [0.25, 0.3) is 5.91 Å². The maximum absolute atomic E-state index is 13.6. The molecule has 0 aliphatic heterocycles. The molecule has 32 heavy (non-hydrogen) atoms. The quantitative estimate of drug-likeness (QED) is 0.406. The molecule has 1 aliphatic rings. The molecule has 5 nitrogen and oxygen atoms in total. The predicted octanol–water partition coefficient (Wildman–Crippen LogP) is 5.80. The van der Waals surface area contributed by atoms with Gasteiger partial charge >= 0.3 is 5.97 Å². The third-order valence-corrected chi connectivity index (χ3v) is 7.16. The molecule has 1 N–H and O–H groups in total. The lowest BCUT2D eigenvalue weighted by atomic mass is 9.97. The molecular formula is C26H22N2O3S. The highest BCUT2D eigenvalue weighted by Crippen LogP contribution is 2.40. The van der Waals surface area contributed by atoms with Crippen LogP contribution in [-0.2, 0) is 17.6 Å². The predicted molar refractivity (Wildman–Crippen MR) is 128 cm³/mol. The van der Waals surface area contributed by atoms with Crippen molar-refractivity contribution in [2.75, 3.05) is 12.4 Å². The average molecular weight is 443 g/mol. The second kappa shape index (κ2) is 8.20. The number of pyridine rings is 1. The summed E-state index contributed by atoms with van der Waals surface area (Å²) in [6, 6.07) is 17.5. The van der Waals surface area contributed by atoms with E-state index in [0.29, 0.717) is 16.1 Å². The monoisotopic (exact) mass is 442 g/mol. The second-order valence-corrected chi connectivity index (χ2v) is 8.96. The molecule has 160 valence electrons. The second-order valence-electron chi connectivity index (χ2n) is 7.85. The molecule has 1 amide bonds. The Balaban J connectivity index is 1.64. The van der Waals surface area contributed by atoms with Crippen LogP contribution in [0.4, 0.5) is 5.00 Å². The van der Waals surface area contributed by atoms with E-state index >= 15 is 0 Å². The van der Waals surface area contributed by atoms with Gasteiger partial charge in [0.05, 0.1) is 29.4 Å². The van der Waals surface area contributed by atoms with Crippen LogP contribution in [0.3, 0.4) is 0 Å². The highest BCUT2D eigenvalue weighted by Gasteiger charge is 2.29. The number of nitrogens with zero attached hydrogens (tertiary/aromatic N) is 1. The summed E-state index contributed by atoms with van der Waals surface area (Å²) in [4.78, 5) is 32.2. The zero-order chi connectivity index (χ0) is 22.2. The van der Waals surface area contributed by atoms with Crippen molar-refractivity contribution in [3.8, 4) is 11.3 Å². The summed E-state index contributed by atoms with van der Waals surface area (Å²) in [5, 5.41) is 4.38. The van der Waals surface area contributed by atoms with Crippen molar-refractivity contribution in [2.45, 2.75) is 26.2 Å². The first-order valence-corrected chi connectivity index (χ1v) is 11.4. The van der Waals surface area contributed by atoms with Crippen LogP contribution in [0.15, 0.2) is 54.6 Å². The largest absolute Gasteiger partial charge is 0.465 e. The third kappa shape index (κ3) is 3.37. The summed E-state index contributed by atoms with van der Waals surface area (Å²) < 4.78 is 5.03. The van der Waals surface area contributed by atoms with E-state index in [0.717, 1.165) is 57.4 Å². The molecule has 2 aromatic heterocycles. The van der Waals surface area contributed by atoms with Gasteiger partial charge in [-0.1, -0.05) is 48.5 Å². The highest BCUT2D eigenvalue weighted by atomic mass is 32.1. The van der Waals surface area contributed by atoms with Gasteiger partial charge in [0.1, 0.15) is 5.00 Å². The van der Waals surface area contributed by atoms with Crippen LogP contribution in [0.1, 0.15) is 43.1 Å². The number of esters is 1. The number of anilines is 1. The van der Waals surface area contributed by atoms with Gasteiger partial charge in [0, 0.05) is 15.8 Å². The Kier molecular flexibility index (Phi) is 5.23. The molecule has 6 heteroatoms. The van der Waals surface area contributed by atoms with E-state index in [1.54, 1.807) is 0 Å². The molecule has 5 rings (SSSR count). The molecule has 4 aromatic rings. The number of methoxy groups -OCH3 is 1. The number of amides is 1. The van der Waals surface area contributed by atoms with Gasteiger partial charge in [-0.2, -0.15) is 0 Å². The Morgan fingerprint density at radius 1 is 1.00 bits per heavy atom. The molecule has 0 saturated carbocycles. The van der Waals surface area contributed by atoms with E-state index < -0.39 is 5.97 Å². The lowest BCUT2D eigenvalue weighted by molar-refractivity contribution is 0.0601. The van der Waals surface area contributed by atoms with E-state index in [2.05, 4.69) is 5.32 Å². The number of hydrogen-bond donors (Lipinski definition) is 1. The summed E-state index contributed by atoms with van der Waals surface area (Å²) in [5.41, 5.74) is 5.36. The van der Waals surface area contributed by atoms with Crippen molar-refractivity contribution in [1.82, 2.24) is 4.98 Å². The molecule has 0 fully saturated rings. The maximum atomic E-state index is 13.6. The lowest BCUT2D eigenvalue weighted by Crippen LogP contribution is -2.17. The van der Waals surface area contributed by atoms with Crippen molar-refractivity contribution >= 4 is 39.1 Å². The van der Waals surface area contributed by atoms with Crippen LogP contribution >= 0.6 is 11.3 Å². The number of carbonyl (C=O) groups excluding carboxylic acids is 2. The van der Waals surface area contributed by atoms with E-state index in [-0.39, 0.29) is 5.91 Å². The number of benzene rings is 2. The molecule has 1 aliphatic carbocycles. The maximum Gasteiger partial charge on any atom is 0.341 e. The zero-order valence-corrected chi connectivity index (χ0v) is 18.7. The first-order valence-electron chi connectivity index (χ1n) is 10.6. The van der Waals surface area contributed by atoms with Crippen LogP contribution < -0.4 is 5.32 Å². The number of thiophene rings is 1. The number of para-hydroxylation sites is 1. The SMILES string of the molecule is COC(=O)c1c(NC(=O)c2c(C)c(-c3ccccc3)nc3ccccc23)sc2c1CCC2. The van der Waals surface area contributed by atoms with Crippen LogP contribution in [0.25, 0.3) is 22.2 Å². The van der Waals surface area contributed by atoms with Gasteiger partial charge in [-0.25, -0.2) is 9.78 Å². The van der Waals surface area contributed by atoms with Gasteiger partial charge in [-0.05, 0) is 43.4 Å². The first kappa shape index (κ1) is 20.4. The smallest absolute Gasteiger partial charge is 0.341 e. The Morgan fingerprint density at radius 3 is 2.53 bits per heavy atom. The van der Waals surface area contributed by atoms with Crippen molar-refractivity contribution in [1.29, 1.82) is 0 Å². The van der Waals surface area contributed by atoms with Crippen molar-refractivity contribution < 1.29 is 14.3 Å². The van der Waals surface area contributed by atoms with E-state index in [4.69, 9.17) is 9.72 Å². The Hall–Kier alpha value is -3.51. The topological polar surface area (TPSA) is 68.3 Å². The van der Waals surface area contributed by atoms with Crippen LogP contribution in [0, 0.1) is 6.92 Å². The Bertz CT molecular complexity index is 1360. The van der Waals surface area contributed by atoms with Gasteiger partial charge in [0.15, 0.2) is 0 Å². The van der Waals surface area contributed by atoms with Crippen LogP contribution in [-0.4, -0.2) is 24.0 Å². The highest BCUT2D eigenvalue weighted by molar-refractivity contribution is 7.17. The zero-order valence-electron chi connectivity index (χ0n) is 17.9. The number of ether oxygens (including phenoxy) is 1. The van der Waals surface area contributed by atoms with Crippen LogP contribution in [0.2, 0.25) is 0 Å². The average Bonchev–Trinajstić information content (AvgIpc) is 3.39. The summed E-state index contributed by atoms with van der Waals surface area (Å²) in [6.45, 7) is 1.92. The minimum atomic E-state index is -0.402. The summed E-state index contributed by atoms with van der Waals surface area (Å²) in [5.74, 6) is -0.649. The number of aromatic nitrogens is 1.